The molecule has 1 saturated heterocycles. The maximum absolute atomic E-state index is 13.1. The third kappa shape index (κ3) is 5.17. The second-order valence-electron chi connectivity index (χ2n) is 7.83. The Labute approximate surface area is 199 Å². The molecule has 0 spiro atoms. The van der Waals surface area contributed by atoms with Gasteiger partial charge in [0.05, 0.1) is 39.0 Å². The first-order chi connectivity index (χ1) is 16.5. The van der Waals surface area contributed by atoms with E-state index in [4.69, 9.17) is 18.9 Å². The van der Waals surface area contributed by atoms with Crippen molar-refractivity contribution in [1.82, 2.24) is 4.90 Å². The summed E-state index contributed by atoms with van der Waals surface area (Å²) in [6, 6.07) is 11.1. The number of benzene rings is 2. The number of ketones is 1. The highest BCUT2D eigenvalue weighted by Gasteiger charge is 2.46. The Kier molecular flexibility index (Phi) is 8.54. The number of nitrogens with zero attached hydrogens (tertiary/aromatic N) is 1. The van der Waals surface area contributed by atoms with Gasteiger partial charge in [-0.2, -0.15) is 0 Å². The smallest absolute Gasteiger partial charge is 0.295 e. The molecular weight excluding hydrogens is 438 g/mol. The van der Waals surface area contributed by atoms with Gasteiger partial charge in [-0.25, -0.2) is 0 Å². The number of rotatable bonds is 11. The zero-order valence-corrected chi connectivity index (χ0v) is 20.0. The van der Waals surface area contributed by atoms with E-state index in [1.807, 2.05) is 0 Å². The highest BCUT2D eigenvalue weighted by molar-refractivity contribution is 6.46. The molecule has 1 aliphatic heterocycles. The van der Waals surface area contributed by atoms with Crippen LogP contribution in [0.2, 0.25) is 0 Å². The first kappa shape index (κ1) is 25.1. The van der Waals surface area contributed by atoms with Gasteiger partial charge in [0.15, 0.2) is 11.5 Å². The van der Waals surface area contributed by atoms with Gasteiger partial charge in [-0.3, -0.25) is 9.59 Å². The topological polar surface area (TPSA) is 94.5 Å². The van der Waals surface area contributed by atoms with Crippen LogP contribution < -0.4 is 14.2 Å². The van der Waals surface area contributed by atoms with Crippen molar-refractivity contribution in [2.75, 3.05) is 41.1 Å². The van der Waals surface area contributed by atoms with Crippen LogP contribution in [0.15, 0.2) is 48.0 Å². The van der Waals surface area contributed by atoms with Gasteiger partial charge in [0.1, 0.15) is 11.5 Å². The molecule has 3 rings (SSSR count). The Bertz CT molecular complexity index is 1060. The summed E-state index contributed by atoms with van der Waals surface area (Å²) >= 11 is 0. The average Bonchev–Trinajstić information content (AvgIpc) is 3.12. The van der Waals surface area contributed by atoms with Gasteiger partial charge < -0.3 is 29.0 Å². The van der Waals surface area contributed by atoms with Crippen LogP contribution in [-0.4, -0.2) is 62.8 Å². The lowest BCUT2D eigenvalue weighted by Gasteiger charge is -2.25. The molecule has 1 aliphatic rings. The van der Waals surface area contributed by atoms with Crippen LogP contribution in [0, 0.1) is 0 Å². The number of hydrogen-bond acceptors (Lipinski definition) is 7. The molecule has 8 heteroatoms. The molecule has 0 radical (unpaired) electrons. The molecule has 0 aliphatic carbocycles. The van der Waals surface area contributed by atoms with E-state index in [2.05, 4.69) is 6.92 Å². The summed E-state index contributed by atoms with van der Waals surface area (Å²) in [6.45, 7) is 3.04. The molecular formula is C26H31NO7. The molecule has 182 valence electrons. The van der Waals surface area contributed by atoms with Gasteiger partial charge in [0.2, 0.25) is 0 Å². The number of hydrogen-bond donors (Lipinski definition) is 1. The summed E-state index contributed by atoms with van der Waals surface area (Å²) < 4.78 is 21.7. The van der Waals surface area contributed by atoms with E-state index in [9.17, 15) is 14.7 Å². The first-order valence-corrected chi connectivity index (χ1v) is 11.2. The van der Waals surface area contributed by atoms with Crippen LogP contribution >= 0.6 is 0 Å². The van der Waals surface area contributed by atoms with Crippen molar-refractivity contribution >= 4 is 17.4 Å². The Morgan fingerprint density at radius 1 is 1.00 bits per heavy atom. The highest BCUT2D eigenvalue weighted by atomic mass is 16.5. The fraction of sp³-hybridized carbons (Fsp3) is 0.385. The number of ether oxygens (including phenoxy) is 4. The van der Waals surface area contributed by atoms with Crippen LogP contribution in [0.3, 0.4) is 0 Å². The van der Waals surface area contributed by atoms with E-state index < -0.39 is 17.7 Å². The van der Waals surface area contributed by atoms with Gasteiger partial charge in [0, 0.05) is 19.2 Å². The Balaban J connectivity index is 2.12. The van der Waals surface area contributed by atoms with Crippen molar-refractivity contribution in [3.63, 3.8) is 0 Å². The molecule has 34 heavy (non-hydrogen) atoms. The molecule has 2 aromatic rings. The normalized spacial score (nSPS) is 17.2. The molecule has 1 atom stereocenters. The second kappa shape index (κ2) is 11.6. The summed E-state index contributed by atoms with van der Waals surface area (Å²) in [5.74, 6) is -0.167. The number of carbonyl (C=O) groups is 2. The Morgan fingerprint density at radius 2 is 1.79 bits per heavy atom. The number of methoxy groups -OCH3 is 3. The number of Topliss-reactive ketones (excluding diaryl/α,β-unsaturated/α-hetero) is 1. The highest BCUT2D eigenvalue weighted by Crippen LogP contribution is 2.42. The fourth-order valence-corrected chi connectivity index (χ4v) is 3.87. The van der Waals surface area contributed by atoms with Crippen molar-refractivity contribution < 1.29 is 33.6 Å². The van der Waals surface area contributed by atoms with E-state index >= 15 is 0 Å². The third-order valence-electron chi connectivity index (χ3n) is 5.68. The first-order valence-electron chi connectivity index (χ1n) is 11.2. The molecule has 1 amide bonds. The maximum atomic E-state index is 13.1. The minimum Gasteiger partial charge on any atom is -0.507 e. The lowest BCUT2D eigenvalue weighted by atomic mass is 9.95. The van der Waals surface area contributed by atoms with Gasteiger partial charge in [-0.05, 0) is 36.2 Å². The van der Waals surface area contributed by atoms with E-state index in [0.29, 0.717) is 35.0 Å². The maximum Gasteiger partial charge on any atom is 0.295 e. The molecule has 1 N–H and O–H groups in total. The van der Waals surface area contributed by atoms with Crippen LogP contribution in [-0.2, 0) is 14.3 Å². The zero-order chi connectivity index (χ0) is 24.7. The molecule has 0 bridgehead atoms. The van der Waals surface area contributed by atoms with Crippen molar-refractivity contribution in [2.24, 2.45) is 0 Å². The predicted molar refractivity (Wildman–Crippen MR) is 127 cm³/mol. The zero-order valence-electron chi connectivity index (χ0n) is 20.0. The lowest BCUT2D eigenvalue weighted by molar-refractivity contribution is -0.140. The predicted octanol–water partition coefficient (Wildman–Crippen LogP) is 3.95. The number of unbranched alkanes of at least 4 members (excludes halogenated alkanes) is 1. The quantitative estimate of drug-likeness (QED) is 0.230. The molecule has 0 aromatic heterocycles. The summed E-state index contributed by atoms with van der Waals surface area (Å²) in [5.41, 5.74) is 0.982. The third-order valence-corrected chi connectivity index (χ3v) is 5.68. The SMILES string of the molecule is CCCCOc1ccc([C@H]2C(=C(O)c3cccc(OC)c3)C(=O)C(=O)N2CCOC)cc1OC. The fourth-order valence-electron chi connectivity index (χ4n) is 3.87. The summed E-state index contributed by atoms with van der Waals surface area (Å²) in [4.78, 5) is 27.5. The largest absolute Gasteiger partial charge is 0.507 e. The van der Waals surface area contributed by atoms with Gasteiger partial charge in [-0.15, -0.1) is 0 Å². The Hall–Kier alpha value is -3.52. The molecule has 0 unspecified atom stereocenters. The molecule has 2 aromatic carbocycles. The second-order valence-corrected chi connectivity index (χ2v) is 7.83. The summed E-state index contributed by atoms with van der Waals surface area (Å²) in [5, 5.41) is 11.2. The molecule has 0 saturated carbocycles. The minimum absolute atomic E-state index is 0.00365. The number of likely N-dealkylation sites (tertiary alicyclic amines) is 1. The Morgan fingerprint density at radius 3 is 2.47 bits per heavy atom. The van der Waals surface area contributed by atoms with Gasteiger partial charge in [-0.1, -0.05) is 31.5 Å². The molecule has 1 fully saturated rings. The molecule has 8 nitrogen and oxygen atoms in total. The van der Waals surface area contributed by atoms with Crippen molar-refractivity contribution in [2.45, 2.75) is 25.8 Å². The van der Waals surface area contributed by atoms with Gasteiger partial charge in [0.25, 0.3) is 11.7 Å². The monoisotopic (exact) mass is 469 g/mol. The van der Waals surface area contributed by atoms with Gasteiger partial charge >= 0.3 is 0 Å². The number of aliphatic hydroxyl groups excluding tert-OH is 1. The number of carbonyl (C=O) groups excluding carboxylic acids is 2. The van der Waals surface area contributed by atoms with E-state index in [0.717, 1.165) is 12.8 Å². The summed E-state index contributed by atoms with van der Waals surface area (Å²) in [6.07, 6.45) is 1.90. The van der Waals surface area contributed by atoms with Crippen molar-refractivity contribution in [3.8, 4) is 17.2 Å². The standard InChI is InChI=1S/C26H31NO7/c1-5-6-13-34-20-11-10-17(16-21(20)33-4)23-22(25(29)26(30)27(23)12-14-31-2)24(28)18-8-7-9-19(15-18)32-3/h7-11,15-16,23,28H,5-6,12-14H2,1-4H3/t23-/m0/s1. The van der Waals surface area contributed by atoms with Crippen molar-refractivity contribution in [3.05, 3.63) is 59.2 Å². The molecule has 1 heterocycles. The van der Waals surface area contributed by atoms with E-state index in [-0.39, 0.29) is 24.5 Å². The van der Waals surface area contributed by atoms with Crippen LogP contribution in [0.1, 0.15) is 36.9 Å². The number of aliphatic hydroxyl groups is 1. The van der Waals surface area contributed by atoms with Crippen LogP contribution in [0.25, 0.3) is 5.76 Å². The van der Waals surface area contributed by atoms with E-state index in [1.165, 1.54) is 26.2 Å². The minimum atomic E-state index is -0.819. The van der Waals surface area contributed by atoms with Crippen molar-refractivity contribution in [1.29, 1.82) is 0 Å². The number of amides is 1. The van der Waals surface area contributed by atoms with Crippen LogP contribution in [0.4, 0.5) is 0 Å². The average molecular weight is 470 g/mol. The lowest BCUT2D eigenvalue weighted by Crippen LogP contribution is -2.32. The van der Waals surface area contributed by atoms with E-state index in [1.54, 1.807) is 42.5 Å². The van der Waals surface area contributed by atoms with Crippen LogP contribution in [0.5, 0.6) is 17.2 Å². The summed E-state index contributed by atoms with van der Waals surface area (Å²) in [7, 11) is 4.57.